The van der Waals surface area contributed by atoms with Crippen LogP contribution in [-0.2, 0) is 9.09 Å². The number of amides is 1. The predicted octanol–water partition coefficient (Wildman–Crippen LogP) is 0.877. The maximum atomic E-state index is 10.9. The number of nitrogens with one attached hydrogen (secondary N) is 1. The van der Waals surface area contributed by atoms with Gasteiger partial charge < -0.3 is 9.42 Å². The van der Waals surface area contributed by atoms with Crippen molar-refractivity contribution in [1.82, 2.24) is 0 Å². The van der Waals surface area contributed by atoms with Crippen LogP contribution in [0.1, 0.15) is 0 Å². The molecule has 0 aromatic heterocycles. The summed E-state index contributed by atoms with van der Waals surface area (Å²) in [4.78, 5) is 28.9. The van der Waals surface area contributed by atoms with E-state index in [9.17, 15) is 19.5 Å². The summed E-state index contributed by atoms with van der Waals surface area (Å²) in [6.45, 7) is 0. The quantitative estimate of drug-likeness (QED) is 0.364. The molecule has 0 spiro atoms. The van der Waals surface area contributed by atoms with Crippen molar-refractivity contribution in [3.8, 4) is 0 Å². The van der Waals surface area contributed by atoms with Gasteiger partial charge >= 0.3 is 43.9 Å². The molecule has 10 heteroatoms. The normalized spacial score (nSPS) is 10.9. The summed E-state index contributed by atoms with van der Waals surface area (Å²) in [5.74, 6) is 0. The van der Waals surface area contributed by atoms with Crippen LogP contribution in [0.5, 0.6) is 0 Å². The molecular formula is C7H8N2NaO6P. The van der Waals surface area contributed by atoms with Crippen LogP contribution in [0.15, 0.2) is 24.3 Å². The van der Waals surface area contributed by atoms with E-state index in [1.165, 1.54) is 18.2 Å². The van der Waals surface area contributed by atoms with Crippen LogP contribution in [0.3, 0.4) is 0 Å². The summed E-state index contributed by atoms with van der Waals surface area (Å²) in [5.41, 5.74) is -0.114. The zero-order valence-corrected chi connectivity index (χ0v) is 8.75. The molecule has 0 saturated heterocycles. The first-order chi connectivity index (χ1) is 7.49. The summed E-state index contributed by atoms with van der Waals surface area (Å²) in [6.07, 6.45) is -1.15. The molecule has 0 heterocycles. The molecule has 0 radical (unpaired) electrons. The SMILES string of the molecule is O=C(Nc1cccc([N+](=O)[O-])c1)O[PH](=O)O.[NaH]. The Hall–Kier alpha value is -0.920. The van der Waals surface area contributed by atoms with Gasteiger partial charge in [-0.05, 0) is 6.07 Å². The van der Waals surface area contributed by atoms with E-state index in [1.807, 2.05) is 0 Å². The predicted molar refractivity (Wildman–Crippen MR) is 61.6 cm³/mol. The van der Waals surface area contributed by atoms with E-state index in [0.717, 1.165) is 6.07 Å². The first-order valence-corrected chi connectivity index (χ1v) is 5.21. The third-order valence-electron chi connectivity index (χ3n) is 1.48. The van der Waals surface area contributed by atoms with Crippen molar-refractivity contribution in [3.05, 3.63) is 34.4 Å². The summed E-state index contributed by atoms with van der Waals surface area (Å²) >= 11 is 0. The van der Waals surface area contributed by atoms with Gasteiger partial charge in [0.15, 0.2) is 0 Å². The minimum atomic E-state index is -3.37. The molecule has 8 nitrogen and oxygen atoms in total. The standard InChI is InChI=1S/C7H7N2O6P.Na.H/c10-7(15-16(13)14)8-5-2-1-3-6(4-5)9(11)12;;/h1-4,16H,(H,8,10)(H,13,14);;. The topological polar surface area (TPSA) is 119 Å². The average molecular weight is 270 g/mol. The molecule has 1 aromatic carbocycles. The van der Waals surface area contributed by atoms with Gasteiger partial charge in [-0.2, -0.15) is 0 Å². The Morgan fingerprint density at radius 1 is 1.53 bits per heavy atom. The van der Waals surface area contributed by atoms with E-state index >= 15 is 0 Å². The van der Waals surface area contributed by atoms with E-state index < -0.39 is 19.3 Å². The Balaban J connectivity index is 0.00000256. The zero-order valence-electron chi connectivity index (χ0n) is 7.75. The van der Waals surface area contributed by atoms with Crippen molar-refractivity contribution in [2.45, 2.75) is 0 Å². The number of nitro groups is 1. The Morgan fingerprint density at radius 2 is 2.18 bits per heavy atom. The number of nitrogens with zero attached hydrogens (tertiary/aromatic N) is 1. The molecule has 1 amide bonds. The molecule has 0 aliphatic rings. The Morgan fingerprint density at radius 3 is 2.71 bits per heavy atom. The molecule has 17 heavy (non-hydrogen) atoms. The number of non-ortho nitro benzene ring substituents is 1. The molecule has 2 N–H and O–H groups in total. The van der Waals surface area contributed by atoms with Gasteiger partial charge in [-0.3, -0.25) is 15.4 Å². The molecule has 0 aliphatic heterocycles. The van der Waals surface area contributed by atoms with Crippen molar-refractivity contribution < 1.29 is 23.7 Å². The summed E-state index contributed by atoms with van der Waals surface area (Å²) in [7, 11) is -3.37. The number of hydrogen-bond donors (Lipinski definition) is 2. The third kappa shape index (κ3) is 5.81. The Kier molecular flexibility index (Phi) is 7.01. The van der Waals surface area contributed by atoms with Gasteiger partial charge in [0.2, 0.25) is 0 Å². The van der Waals surface area contributed by atoms with Crippen LogP contribution >= 0.6 is 8.25 Å². The number of carbonyl (C=O) groups excluding carboxylic acids is 1. The van der Waals surface area contributed by atoms with E-state index in [0.29, 0.717) is 0 Å². The van der Waals surface area contributed by atoms with Crippen molar-refractivity contribution in [2.75, 3.05) is 5.32 Å². The fraction of sp³-hybridized carbons (Fsp3) is 0. The van der Waals surface area contributed by atoms with Crippen molar-refractivity contribution >= 4 is 55.3 Å². The molecule has 0 bridgehead atoms. The van der Waals surface area contributed by atoms with E-state index in [-0.39, 0.29) is 40.9 Å². The molecule has 88 valence electrons. The van der Waals surface area contributed by atoms with Gasteiger partial charge in [0.1, 0.15) is 0 Å². The molecule has 1 aromatic rings. The van der Waals surface area contributed by atoms with E-state index in [1.54, 1.807) is 0 Å². The van der Waals surface area contributed by atoms with Gasteiger partial charge in [0, 0.05) is 12.1 Å². The minimum absolute atomic E-state index is 0. The number of carbonyl (C=O) groups is 1. The summed E-state index contributed by atoms with van der Waals surface area (Å²) in [6, 6.07) is 5.07. The average Bonchev–Trinajstić information content (AvgIpc) is 2.16. The first kappa shape index (κ1) is 16.1. The van der Waals surface area contributed by atoms with E-state index in [2.05, 4.69) is 9.84 Å². The molecular weight excluding hydrogens is 262 g/mol. The summed E-state index contributed by atoms with van der Waals surface area (Å²) < 4.78 is 14.1. The molecule has 0 saturated carbocycles. The van der Waals surface area contributed by atoms with Crippen LogP contribution in [0.25, 0.3) is 0 Å². The molecule has 1 atom stereocenters. The Bertz CT molecular complexity index is 454. The fourth-order valence-corrected chi connectivity index (χ4v) is 1.13. The number of benzene rings is 1. The zero-order chi connectivity index (χ0) is 12.1. The summed E-state index contributed by atoms with van der Waals surface area (Å²) in [5, 5.41) is 12.5. The second-order valence-electron chi connectivity index (χ2n) is 2.59. The Labute approximate surface area is 118 Å². The van der Waals surface area contributed by atoms with Crippen LogP contribution in [-0.4, -0.2) is 45.5 Å². The maximum absolute atomic E-state index is 10.9. The van der Waals surface area contributed by atoms with Crippen LogP contribution in [0.4, 0.5) is 16.2 Å². The monoisotopic (exact) mass is 270 g/mol. The number of rotatable bonds is 3. The second-order valence-corrected chi connectivity index (χ2v) is 3.32. The van der Waals surface area contributed by atoms with Crippen molar-refractivity contribution in [1.29, 1.82) is 0 Å². The third-order valence-corrected chi connectivity index (χ3v) is 1.84. The molecule has 0 aliphatic carbocycles. The first-order valence-electron chi connectivity index (χ1n) is 3.95. The van der Waals surface area contributed by atoms with Gasteiger partial charge in [0.25, 0.3) is 5.69 Å². The van der Waals surface area contributed by atoms with Crippen LogP contribution in [0, 0.1) is 10.1 Å². The van der Waals surface area contributed by atoms with Gasteiger partial charge in [-0.15, -0.1) is 0 Å². The number of anilines is 1. The molecule has 1 unspecified atom stereocenters. The number of nitro benzene ring substituents is 1. The van der Waals surface area contributed by atoms with Crippen LogP contribution < -0.4 is 5.32 Å². The number of hydrogen-bond acceptors (Lipinski definition) is 5. The van der Waals surface area contributed by atoms with Gasteiger partial charge in [-0.1, -0.05) is 6.07 Å². The van der Waals surface area contributed by atoms with Crippen LogP contribution in [0.2, 0.25) is 0 Å². The fourth-order valence-electron chi connectivity index (χ4n) is 0.920. The van der Waals surface area contributed by atoms with Crippen molar-refractivity contribution in [2.24, 2.45) is 0 Å². The van der Waals surface area contributed by atoms with E-state index in [4.69, 9.17) is 4.89 Å². The second kappa shape index (κ2) is 7.41. The van der Waals surface area contributed by atoms with Gasteiger partial charge in [0.05, 0.1) is 10.6 Å². The molecule has 0 fully saturated rings. The van der Waals surface area contributed by atoms with Crippen molar-refractivity contribution in [3.63, 3.8) is 0 Å². The molecule has 1 rings (SSSR count). The van der Waals surface area contributed by atoms with Gasteiger partial charge in [-0.25, -0.2) is 9.36 Å².